The largest absolute Gasteiger partial charge is 0.354 e. The summed E-state index contributed by atoms with van der Waals surface area (Å²) in [5, 5.41) is 3.00. The molecule has 7 nitrogen and oxygen atoms in total. The van der Waals surface area contributed by atoms with Gasteiger partial charge in [-0.3, -0.25) is 13.9 Å². The van der Waals surface area contributed by atoms with E-state index >= 15 is 0 Å². The molecule has 39 heavy (non-hydrogen) atoms. The fourth-order valence-corrected chi connectivity index (χ4v) is 5.21. The molecular weight excluding hydrogens is 510 g/mol. The molecular formula is C31H39N3O4S. The van der Waals surface area contributed by atoms with Gasteiger partial charge in [0.2, 0.25) is 21.8 Å². The lowest BCUT2D eigenvalue weighted by Gasteiger charge is -2.34. The first-order valence-electron chi connectivity index (χ1n) is 13.3. The topological polar surface area (TPSA) is 86.8 Å². The number of hydrogen-bond acceptors (Lipinski definition) is 4. The number of sulfonamides is 1. The van der Waals surface area contributed by atoms with Crippen molar-refractivity contribution in [3.05, 3.63) is 101 Å². The molecule has 3 rings (SSSR count). The summed E-state index contributed by atoms with van der Waals surface area (Å²) in [6.07, 6.45) is 3.14. The van der Waals surface area contributed by atoms with Gasteiger partial charge >= 0.3 is 0 Å². The van der Waals surface area contributed by atoms with Gasteiger partial charge < -0.3 is 10.2 Å². The Balaban J connectivity index is 2.03. The highest BCUT2D eigenvalue weighted by Gasteiger charge is 2.33. The summed E-state index contributed by atoms with van der Waals surface area (Å²) in [5.41, 5.74) is 4.17. The zero-order chi connectivity index (χ0) is 28.4. The number of unbranched alkanes of at least 4 members (excludes halogenated alkanes) is 1. The fraction of sp³-hybridized carbons (Fsp3) is 0.355. The molecule has 8 heteroatoms. The number of nitrogens with zero attached hydrogens (tertiary/aromatic N) is 2. The Morgan fingerprint density at radius 2 is 1.54 bits per heavy atom. The normalized spacial score (nSPS) is 12.0. The van der Waals surface area contributed by atoms with Gasteiger partial charge in [0.15, 0.2) is 0 Å². The Morgan fingerprint density at radius 1 is 0.897 bits per heavy atom. The molecule has 0 heterocycles. The van der Waals surface area contributed by atoms with Gasteiger partial charge in [0.25, 0.3) is 0 Å². The van der Waals surface area contributed by atoms with Crippen molar-refractivity contribution in [1.29, 1.82) is 0 Å². The van der Waals surface area contributed by atoms with Gasteiger partial charge in [0, 0.05) is 19.5 Å². The van der Waals surface area contributed by atoms with E-state index in [0.29, 0.717) is 18.7 Å². The number of benzene rings is 3. The highest BCUT2D eigenvalue weighted by Crippen LogP contribution is 2.21. The van der Waals surface area contributed by atoms with E-state index in [1.807, 2.05) is 87.5 Å². The van der Waals surface area contributed by atoms with E-state index in [1.165, 1.54) is 4.90 Å². The van der Waals surface area contributed by atoms with Crippen LogP contribution in [-0.2, 0) is 32.6 Å². The van der Waals surface area contributed by atoms with Gasteiger partial charge in [-0.25, -0.2) is 8.42 Å². The number of anilines is 1. The maximum Gasteiger partial charge on any atom is 0.244 e. The summed E-state index contributed by atoms with van der Waals surface area (Å²) in [5.74, 6) is -0.702. The monoisotopic (exact) mass is 549 g/mol. The molecule has 0 aliphatic rings. The third-order valence-electron chi connectivity index (χ3n) is 6.70. The zero-order valence-corrected chi connectivity index (χ0v) is 24.1. The number of carbonyl (C=O) groups is 2. The third-order valence-corrected chi connectivity index (χ3v) is 7.84. The summed E-state index contributed by atoms with van der Waals surface area (Å²) in [6.45, 7) is 6.19. The molecule has 0 saturated carbocycles. The van der Waals surface area contributed by atoms with Crippen LogP contribution < -0.4 is 9.62 Å². The van der Waals surface area contributed by atoms with Crippen molar-refractivity contribution in [1.82, 2.24) is 10.2 Å². The van der Waals surface area contributed by atoms with Crippen LogP contribution in [0, 0.1) is 13.8 Å². The molecule has 1 atom stereocenters. The quantitative estimate of drug-likeness (QED) is 0.315. The molecule has 3 aromatic carbocycles. The number of amides is 2. The van der Waals surface area contributed by atoms with Crippen LogP contribution in [0.25, 0.3) is 0 Å². The van der Waals surface area contributed by atoms with Crippen molar-refractivity contribution in [3.8, 4) is 0 Å². The van der Waals surface area contributed by atoms with Gasteiger partial charge in [-0.1, -0.05) is 85.6 Å². The molecule has 0 saturated heterocycles. The van der Waals surface area contributed by atoms with Gasteiger partial charge in [-0.2, -0.15) is 0 Å². The summed E-state index contributed by atoms with van der Waals surface area (Å²) < 4.78 is 26.8. The third kappa shape index (κ3) is 8.68. The van der Waals surface area contributed by atoms with Crippen LogP contribution in [0.1, 0.15) is 42.0 Å². The number of rotatable bonds is 13. The molecule has 0 unspecified atom stereocenters. The van der Waals surface area contributed by atoms with Crippen molar-refractivity contribution in [2.75, 3.05) is 23.7 Å². The summed E-state index contributed by atoms with van der Waals surface area (Å²) in [4.78, 5) is 29.2. The minimum Gasteiger partial charge on any atom is -0.354 e. The van der Waals surface area contributed by atoms with E-state index in [0.717, 1.165) is 45.7 Å². The summed E-state index contributed by atoms with van der Waals surface area (Å²) in [7, 11) is -3.78. The van der Waals surface area contributed by atoms with Crippen LogP contribution in [0.5, 0.6) is 0 Å². The molecule has 208 valence electrons. The average Bonchev–Trinajstić information content (AvgIpc) is 2.91. The van der Waals surface area contributed by atoms with Crippen LogP contribution >= 0.6 is 0 Å². The highest BCUT2D eigenvalue weighted by atomic mass is 32.2. The first-order chi connectivity index (χ1) is 18.6. The highest BCUT2D eigenvalue weighted by molar-refractivity contribution is 7.92. The second kappa shape index (κ2) is 13.9. The van der Waals surface area contributed by atoms with Crippen LogP contribution in [0.4, 0.5) is 5.69 Å². The second-order valence-electron chi connectivity index (χ2n) is 9.90. The van der Waals surface area contributed by atoms with Crippen LogP contribution in [0.2, 0.25) is 0 Å². The molecule has 2 amide bonds. The maximum absolute atomic E-state index is 14.1. The molecule has 0 bridgehead atoms. The fourth-order valence-electron chi connectivity index (χ4n) is 4.36. The van der Waals surface area contributed by atoms with E-state index in [1.54, 1.807) is 12.1 Å². The van der Waals surface area contributed by atoms with Crippen molar-refractivity contribution in [3.63, 3.8) is 0 Å². The first kappa shape index (κ1) is 29.9. The Kier molecular flexibility index (Phi) is 10.7. The van der Waals surface area contributed by atoms with Crippen molar-refractivity contribution < 1.29 is 18.0 Å². The van der Waals surface area contributed by atoms with Crippen molar-refractivity contribution in [2.24, 2.45) is 0 Å². The smallest absolute Gasteiger partial charge is 0.244 e. The Labute approximate surface area is 232 Å². The summed E-state index contributed by atoms with van der Waals surface area (Å²) in [6, 6.07) is 23.4. The molecule has 0 fully saturated rings. The zero-order valence-electron chi connectivity index (χ0n) is 23.3. The van der Waals surface area contributed by atoms with Crippen LogP contribution in [0.15, 0.2) is 78.9 Å². The standard InChI is InChI=1S/C31H39N3O4S/c1-5-6-20-32-31(36)29(21-26-13-8-7-9-14-26)33(22-27-15-11-10-12-25(27)3)30(35)23-34(39(4,37)38)28-18-16-24(2)17-19-28/h7-19,29H,5-6,20-23H2,1-4H3,(H,32,36)/t29-/m1/s1. The van der Waals surface area contributed by atoms with E-state index in [-0.39, 0.29) is 12.5 Å². The Morgan fingerprint density at radius 3 is 2.15 bits per heavy atom. The SMILES string of the molecule is CCCCNC(=O)[C@@H](Cc1ccccc1)N(Cc1ccccc1C)C(=O)CN(c1ccc(C)cc1)S(C)(=O)=O. The van der Waals surface area contributed by atoms with Crippen molar-refractivity contribution in [2.45, 2.75) is 52.6 Å². The van der Waals surface area contributed by atoms with Gasteiger partial charge in [-0.05, 0) is 49.1 Å². The van der Waals surface area contributed by atoms with Gasteiger partial charge in [0.1, 0.15) is 12.6 Å². The maximum atomic E-state index is 14.1. The van der Waals surface area contributed by atoms with E-state index in [2.05, 4.69) is 5.32 Å². The van der Waals surface area contributed by atoms with E-state index in [9.17, 15) is 18.0 Å². The lowest BCUT2D eigenvalue weighted by molar-refractivity contribution is -0.140. The van der Waals surface area contributed by atoms with Crippen molar-refractivity contribution >= 4 is 27.5 Å². The summed E-state index contributed by atoms with van der Waals surface area (Å²) >= 11 is 0. The van der Waals surface area contributed by atoms with Crippen LogP contribution in [-0.4, -0.2) is 50.5 Å². The predicted octanol–water partition coefficient (Wildman–Crippen LogP) is 4.63. The minimum absolute atomic E-state index is 0.176. The predicted molar refractivity (Wildman–Crippen MR) is 157 cm³/mol. The van der Waals surface area contributed by atoms with E-state index < -0.39 is 28.5 Å². The molecule has 0 aliphatic carbocycles. The van der Waals surface area contributed by atoms with Crippen LogP contribution in [0.3, 0.4) is 0 Å². The van der Waals surface area contributed by atoms with E-state index in [4.69, 9.17) is 0 Å². The Bertz CT molecular complexity index is 1340. The number of nitrogens with one attached hydrogen (secondary N) is 1. The lowest BCUT2D eigenvalue weighted by atomic mass is 10.0. The molecule has 0 aliphatic heterocycles. The van der Waals surface area contributed by atoms with Gasteiger partial charge in [0.05, 0.1) is 11.9 Å². The molecule has 0 spiro atoms. The average molecular weight is 550 g/mol. The lowest BCUT2D eigenvalue weighted by Crippen LogP contribution is -2.53. The number of hydrogen-bond donors (Lipinski definition) is 1. The molecule has 0 aromatic heterocycles. The number of aryl methyl sites for hydroxylation is 2. The molecule has 3 aromatic rings. The molecule has 1 N–H and O–H groups in total. The minimum atomic E-state index is -3.78. The Hall–Kier alpha value is -3.65. The number of carbonyl (C=O) groups excluding carboxylic acids is 2. The van der Waals surface area contributed by atoms with Gasteiger partial charge in [-0.15, -0.1) is 0 Å². The first-order valence-corrected chi connectivity index (χ1v) is 15.1. The second-order valence-corrected chi connectivity index (χ2v) is 11.8. The molecule has 0 radical (unpaired) electrons.